The molecule has 5 nitrogen and oxygen atoms in total. The Kier molecular flexibility index (Phi) is 6.41. The zero-order valence-electron chi connectivity index (χ0n) is 20.6. The fourth-order valence-corrected chi connectivity index (χ4v) is 5.12. The summed E-state index contributed by atoms with van der Waals surface area (Å²) in [6.45, 7) is 3.88. The number of rotatable bonds is 5. The number of carboxylic acid groups (broad SMARTS) is 1. The van der Waals surface area contributed by atoms with Gasteiger partial charge in [0.1, 0.15) is 22.6 Å². The molecule has 3 aromatic carbocycles. The fraction of sp³-hybridized carbons (Fsp3) is 0.200. The van der Waals surface area contributed by atoms with E-state index in [1.807, 2.05) is 68.4 Å². The van der Waals surface area contributed by atoms with E-state index in [0.717, 1.165) is 46.9 Å². The number of furan rings is 1. The molecule has 2 heterocycles. The maximum atomic E-state index is 12.4. The predicted molar refractivity (Wildman–Crippen MR) is 133 cm³/mol. The smallest absolute Gasteiger partial charge is 0.545 e. The van der Waals surface area contributed by atoms with Crippen LogP contribution in [0.15, 0.2) is 77.2 Å². The average molecular weight is 486 g/mol. The van der Waals surface area contributed by atoms with Crippen molar-refractivity contribution < 1.29 is 48.6 Å². The molecule has 6 rings (SSSR count). The van der Waals surface area contributed by atoms with Crippen LogP contribution in [0, 0.1) is 13.8 Å². The summed E-state index contributed by atoms with van der Waals surface area (Å²) in [5.41, 5.74) is 4.21. The van der Waals surface area contributed by atoms with Crippen LogP contribution < -0.4 is 39.4 Å². The molecule has 0 amide bonds. The number of carbonyl (C=O) groups excluding carboxylic acids is 1. The van der Waals surface area contributed by atoms with E-state index >= 15 is 0 Å². The van der Waals surface area contributed by atoms with Crippen LogP contribution in [0.2, 0.25) is 0 Å². The van der Waals surface area contributed by atoms with Crippen LogP contribution >= 0.6 is 0 Å². The number of ether oxygens (including phenoxy) is 1. The number of aromatic carboxylic acids is 1. The van der Waals surface area contributed by atoms with E-state index < -0.39 is 11.6 Å². The minimum absolute atomic E-state index is 0. The number of benzene rings is 3. The summed E-state index contributed by atoms with van der Waals surface area (Å²) in [5, 5.41) is 13.9. The van der Waals surface area contributed by atoms with Gasteiger partial charge >= 0.3 is 29.6 Å². The Morgan fingerprint density at radius 3 is 2.39 bits per heavy atom. The number of hydrogen-bond acceptors (Lipinski definition) is 5. The first-order chi connectivity index (χ1) is 17.0. The summed E-state index contributed by atoms with van der Waals surface area (Å²) >= 11 is 0. The van der Waals surface area contributed by atoms with Crippen molar-refractivity contribution in [3.63, 3.8) is 0 Å². The molecule has 0 bridgehead atoms. The number of fused-ring (bicyclic) bond motifs is 2. The number of para-hydroxylation sites is 1. The second-order valence-corrected chi connectivity index (χ2v) is 9.31. The normalized spacial score (nSPS) is 14.3. The van der Waals surface area contributed by atoms with Crippen molar-refractivity contribution in [3.8, 4) is 17.2 Å². The number of carbonyl (C=O) groups is 1. The minimum Gasteiger partial charge on any atom is -0.545 e. The number of nitrogens with zero attached hydrogens (tertiary/aromatic N) is 1. The van der Waals surface area contributed by atoms with E-state index in [1.54, 1.807) is 6.07 Å². The van der Waals surface area contributed by atoms with Gasteiger partial charge < -0.3 is 19.1 Å². The van der Waals surface area contributed by atoms with Gasteiger partial charge in [-0.1, -0.05) is 54.6 Å². The Labute approximate surface area is 231 Å². The topological polar surface area (TPSA) is 75.4 Å². The van der Waals surface area contributed by atoms with Crippen molar-refractivity contribution >= 4 is 27.8 Å². The molecule has 0 N–H and O–H groups in total. The monoisotopic (exact) mass is 485 g/mol. The van der Waals surface area contributed by atoms with E-state index in [4.69, 9.17) is 14.1 Å². The third-order valence-electron chi connectivity index (χ3n) is 7.19. The summed E-state index contributed by atoms with van der Waals surface area (Å²) in [7, 11) is 0. The summed E-state index contributed by atoms with van der Waals surface area (Å²) in [5.74, 6) is -0.208. The minimum atomic E-state index is -1.27. The van der Waals surface area contributed by atoms with Crippen LogP contribution in [0.25, 0.3) is 33.3 Å². The molecular formula is C30H24NNaO4. The molecule has 0 aliphatic heterocycles. The Morgan fingerprint density at radius 1 is 1.00 bits per heavy atom. The van der Waals surface area contributed by atoms with Crippen molar-refractivity contribution in [2.45, 2.75) is 38.7 Å². The number of hydrogen-bond donors (Lipinski definition) is 0. The molecule has 0 radical (unpaired) electrons. The van der Waals surface area contributed by atoms with Gasteiger partial charge in [0.05, 0.1) is 16.9 Å². The SMILES string of the molecule is Cc1c(-c2cc(C(=O)[O-])c3c(OC4(c5ccccc5)CCC4)ccc(C)c3n2)oc2ccccc12.[Na+]. The van der Waals surface area contributed by atoms with Gasteiger partial charge in [-0.05, 0) is 62.4 Å². The van der Waals surface area contributed by atoms with E-state index in [2.05, 4.69) is 12.1 Å². The molecule has 1 saturated carbocycles. The molecule has 0 spiro atoms. The fourth-order valence-electron chi connectivity index (χ4n) is 5.12. The Morgan fingerprint density at radius 2 is 1.72 bits per heavy atom. The predicted octanol–water partition coefficient (Wildman–Crippen LogP) is 3.09. The first-order valence-corrected chi connectivity index (χ1v) is 11.9. The van der Waals surface area contributed by atoms with E-state index in [9.17, 15) is 9.90 Å². The van der Waals surface area contributed by atoms with Crippen LogP contribution in [0.3, 0.4) is 0 Å². The third-order valence-corrected chi connectivity index (χ3v) is 7.19. The second kappa shape index (κ2) is 9.40. The summed E-state index contributed by atoms with van der Waals surface area (Å²) < 4.78 is 12.7. The summed E-state index contributed by atoms with van der Waals surface area (Å²) in [6, 6.07) is 23.2. The van der Waals surface area contributed by atoms with E-state index in [-0.39, 0.29) is 35.1 Å². The standard InChI is InChI=1S/C30H25NO4.Na/c1-18-13-14-25(35-30(15-8-16-30)20-9-4-3-5-10-20)26-22(29(32)33)17-23(31-27(18)26)28-19(2)21-11-6-7-12-24(21)34-28;/h3-7,9-14,17H,8,15-16H2,1-2H3,(H,32,33);/q;+1/p-1. The number of aromatic nitrogens is 1. The van der Waals surface area contributed by atoms with Crippen LogP contribution in [0.5, 0.6) is 5.75 Å². The van der Waals surface area contributed by atoms with Crippen molar-refractivity contribution in [3.05, 3.63) is 95.1 Å². The molecule has 0 unspecified atom stereocenters. The van der Waals surface area contributed by atoms with Crippen molar-refractivity contribution in [2.75, 3.05) is 0 Å². The zero-order chi connectivity index (χ0) is 24.2. The van der Waals surface area contributed by atoms with E-state index in [1.165, 1.54) is 0 Å². The Bertz CT molecular complexity index is 1600. The molecule has 174 valence electrons. The summed E-state index contributed by atoms with van der Waals surface area (Å²) in [6.07, 6.45) is 2.80. The number of aryl methyl sites for hydroxylation is 2. The number of carboxylic acids is 1. The van der Waals surface area contributed by atoms with Crippen LogP contribution in [-0.4, -0.2) is 11.0 Å². The molecule has 0 atom stereocenters. The van der Waals surface area contributed by atoms with Gasteiger partial charge in [0.15, 0.2) is 5.76 Å². The molecule has 1 aliphatic rings. The first kappa shape index (κ1) is 24.6. The van der Waals surface area contributed by atoms with Gasteiger partial charge in [0.25, 0.3) is 0 Å². The van der Waals surface area contributed by atoms with Crippen LogP contribution in [0.1, 0.15) is 46.3 Å². The molecule has 1 aliphatic carbocycles. The molecule has 2 aromatic heterocycles. The maximum Gasteiger partial charge on any atom is 1.00 e. The number of pyridine rings is 1. The van der Waals surface area contributed by atoms with Gasteiger partial charge in [-0.3, -0.25) is 0 Å². The van der Waals surface area contributed by atoms with Crippen LogP contribution in [0.4, 0.5) is 0 Å². The van der Waals surface area contributed by atoms with Gasteiger partial charge in [0.2, 0.25) is 0 Å². The van der Waals surface area contributed by atoms with Crippen molar-refractivity contribution in [2.24, 2.45) is 0 Å². The largest absolute Gasteiger partial charge is 1.00 e. The average Bonchev–Trinajstić information content (AvgIpc) is 3.19. The first-order valence-electron chi connectivity index (χ1n) is 11.9. The van der Waals surface area contributed by atoms with Gasteiger partial charge in [0, 0.05) is 16.5 Å². The van der Waals surface area contributed by atoms with Crippen LogP contribution in [-0.2, 0) is 5.60 Å². The zero-order valence-corrected chi connectivity index (χ0v) is 22.6. The molecule has 6 heteroatoms. The summed E-state index contributed by atoms with van der Waals surface area (Å²) in [4.78, 5) is 17.3. The van der Waals surface area contributed by atoms with Gasteiger partial charge in [-0.15, -0.1) is 0 Å². The van der Waals surface area contributed by atoms with Crippen molar-refractivity contribution in [1.82, 2.24) is 4.98 Å². The van der Waals surface area contributed by atoms with Gasteiger partial charge in [-0.2, -0.15) is 0 Å². The molecular weight excluding hydrogens is 461 g/mol. The van der Waals surface area contributed by atoms with Gasteiger partial charge in [-0.25, -0.2) is 4.98 Å². The maximum absolute atomic E-state index is 12.4. The third kappa shape index (κ3) is 3.92. The molecule has 0 saturated heterocycles. The molecule has 5 aromatic rings. The quantitative estimate of drug-likeness (QED) is 0.358. The van der Waals surface area contributed by atoms with E-state index in [0.29, 0.717) is 28.1 Å². The molecule has 1 fully saturated rings. The van der Waals surface area contributed by atoms with Crippen molar-refractivity contribution in [1.29, 1.82) is 0 Å². The Hall–Kier alpha value is -3.12. The molecule has 36 heavy (non-hydrogen) atoms. The Balaban J connectivity index is 0.00000267. The second-order valence-electron chi connectivity index (χ2n) is 9.31.